The number of benzene rings is 1. The topological polar surface area (TPSA) is 83.6 Å². The molecule has 1 rings (SSSR count). The summed E-state index contributed by atoms with van der Waals surface area (Å²) in [7, 11) is -3.71. The highest BCUT2D eigenvalue weighted by Crippen LogP contribution is 2.27. The predicted octanol–water partition coefficient (Wildman–Crippen LogP) is 2.20. The van der Waals surface area contributed by atoms with Gasteiger partial charge in [-0.05, 0) is 31.0 Å². The number of rotatable bonds is 7. The average Bonchev–Trinajstić information content (AvgIpc) is 2.38. The number of nitrogens with two attached hydrogens (primary N) is 1. The van der Waals surface area contributed by atoms with Crippen molar-refractivity contribution in [1.29, 1.82) is 0 Å². The molecule has 20 heavy (non-hydrogen) atoms. The first kappa shape index (κ1) is 17.4. The summed E-state index contributed by atoms with van der Waals surface area (Å²) in [6.45, 7) is 3.72. The molecular formula is C13H21BrN2O3S. The van der Waals surface area contributed by atoms with E-state index < -0.39 is 10.0 Å². The number of aliphatic hydroxyl groups excluding tert-OH is 1. The molecule has 0 saturated carbocycles. The van der Waals surface area contributed by atoms with Crippen LogP contribution >= 0.6 is 15.9 Å². The van der Waals surface area contributed by atoms with Crippen molar-refractivity contribution in [3.05, 3.63) is 22.7 Å². The molecule has 0 radical (unpaired) electrons. The molecule has 0 saturated heterocycles. The van der Waals surface area contributed by atoms with Crippen molar-refractivity contribution in [2.75, 3.05) is 18.9 Å². The minimum Gasteiger partial charge on any atom is -0.398 e. The number of nitrogen functional groups attached to an aromatic ring is 1. The Labute approximate surface area is 129 Å². The lowest BCUT2D eigenvalue weighted by Gasteiger charge is -2.29. The maximum Gasteiger partial charge on any atom is 0.245 e. The largest absolute Gasteiger partial charge is 0.398 e. The van der Waals surface area contributed by atoms with E-state index >= 15 is 0 Å². The molecule has 3 N–H and O–H groups in total. The smallest absolute Gasteiger partial charge is 0.245 e. The van der Waals surface area contributed by atoms with Crippen LogP contribution in [0.5, 0.6) is 0 Å². The third-order valence-corrected chi connectivity index (χ3v) is 5.75. The second-order valence-corrected chi connectivity index (χ2v) is 7.27. The van der Waals surface area contributed by atoms with Crippen LogP contribution in [-0.4, -0.2) is 37.0 Å². The zero-order chi connectivity index (χ0) is 15.3. The van der Waals surface area contributed by atoms with E-state index in [2.05, 4.69) is 15.9 Å². The maximum absolute atomic E-state index is 12.7. The van der Waals surface area contributed by atoms with Gasteiger partial charge in [-0.25, -0.2) is 8.42 Å². The minimum atomic E-state index is -3.71. The van der Waals surface area contributed by atoms with E-state index in [0.29, 0.717) is 12.8 Å². The van der Waals surface area contributed by atoms with Crippen LogP contribution in [0.25, 0.3) is 0 Å². The average molecular weight is 365 g/mol. The fourth-order valence-corrected chi connectivity index (χ4v) is 4.41. The number of nitrogens with zero attached hydrogens (tertiary/aromatic N) is 1. The van der Waals surface area contributed by atoms with Gasteiger partial charge in [0.05, 0.1) is 12.3 Å². The molecule has 0 aliphatic rings. The second-order valence-electron chi connectivity index (χ2n) is 4.49. The van der Waals surface area contributed by atoms with Crippen molar-refractivity contribution in [3.8, 4) is 0 Å². The van der Waals surface area contributed by atoms with Crippen LogP contribution in [0.4, 0.5) is 5.69 Å². The van der Waals surface area contributed by atoms with Gasteiger partial charge < -0.3 is 10.8 Å². The quantitative estimate of drug-likeness (QED) is 0.726. The lowest BCUT2D eigenvalue weighted by atomic mass is 10.2. The standard InChI is InChI=1S/C13H21BrN2O3S/c1-3-11(4-2)16(7-8-17)20(18,19)13-6-5-10(14)9-12(13)15/h5-6,9,11,17H,3-4,7-8,15H2,1-2H3. The molecule has 114 valence electrons. The van der Waals surface area contributed by atoms with Crippen molar-refractivity contribution in [2.24, 2.45) is 0 Å². The highest BCUT2D eigenvalue weighted by atomic mass is 79.9. The van der Waals surface area contributed by atoms with Gasteiger partial charge in [0, 0.05) is 17.1 Å². The van der Waals surface area contributed by atoms with Crippen molar-refractivity contribution >= 4 is 31.6 Å². The van der Waals surface area contributed by atoms with Crippen LogP contribution in [0.2, 0.25) is 0 Å². The molecule has 0 heterocycles. The van der Waals surface area contributed by atoms with Crippen molar-refractivity contribution < 1.29 is 13.5 Å². The molecule has 0 unspecified atom stereocenters. The van der Waals surface area contributed by atoms with E-state index in [0.717, 1.165) is 4.47 Å². The summed E-state index contributed by atoms with van der Waals surface area (Å²) in [5.74, 6) is 0. The Hall–Kier alpha value is -0.630. The van der Waals surface area contributed by atoms with Crippen molar-refractivity contribution in [2.45, 2.75) is 37.6 Å². The van der Waals surface area contributed by atoms with Gasteiger partial charge in [-0.2, -0.15) is 4.31 Å². The lowest BCUT2D eigenvalue weighted by molar-refractivity contribution is 0.219. The van der Waals surface area contributed by atoms with Crippen LogP contribution in [0.3, 0.4) is 0 Å². The number of sulfonamides is 1. The van der Waals surface area contributed by atoms with Crippen LogP contribution in [0.1, 0.15) is 26.7 Å². The number of anilines is 1. The van der Waals surface area contributed by atoms with E-state index in [4.69, 9.17) is 10.8 Å². The van der Waals surface area contributed by atoms with Gasteiger partial charge in [0.2, 0.25) is 10.0 Å². The molecule has 1 aromatic carbocycles. The van der Waals surface area contributed by atoms with E-state index in [9.17, 15) is 8.42 Å². The number of hydrogen-bond donors (Lipinski definition) is 2. The molecular weight excluding hydrogens is 344 g/mol. The first-order chi connectivity index (χ1) is 9.38. The molecule has 7 heteroatoms. The second kappa shape index (κ2) is 7.40. The summed E-state index contributed by atoms with van der Waals surface area (Å²) in [4.78, 5) is 0.0843. The fraction of sp³-hybridized carbons (Fsp3) is 0.538. The Balaban J connectivity index is 3.28. The molecule has 0 spiro atoms. The van der Waals surface area contributed by atoms with Gasteiger partial charge >= 0.3 is 0 Å². The molecule has 0 aromatic heterocycles. The molecule has 0 bridgehead atoms. The summed E-state index contributed by atoms with van der Waals surface area (Å²) in [5.41, 5.74) is 6.03. The van der Waals surface area contributed by atoms with Crippen LogP contribution in [0.15, 0.2) is 27.6 Å². The van der Waals surface area contributed by atoms with E-state index in [1.807, 2.05) is 13.8 Å². The summed E-state index contributed by atoms with van der Waals surface area (Å²) in [6, 6.07) is 4.56. The molecule has 0 atom stereocenters. The monoisotopic (exact) mass is 364 g/mol. The Morgan fingerprint density at radius 1 is 1.35 bits per heavy atom. The van der Waals surface area contributed by atoms with E-state index in [1.165, 1.54) is 10.4 Å². The molecule has 1 aromatic rings. The van der Waals surface area contributed by atoms with E-state index in [-0.39, 0.29) is 29.8 Å². The Kier molecular flexibility index (Phi) is 6.44. The molecule has 0 aliphatic carbocycles. The molecule has 0 fully saturated rings. The Morgan fingerprint density at radius 3 is 2.40 bits per heavy atom. The van der Waals surface area contributed by atoms with E-state index in [1.54, 1.807) is 12.1 Å². The van der Waals surface area contributed by atoms with Crippen molar-refractivity contribution in [3.63, 3.8) is 0 Å². The zero-order valence-corrected chi connectivity index (χ0v) is 14.1. The minimum absolute atomic E-state index is 0.0736. The maximum atomic E-state index is 12.7. The SMILES string of the molecule is CCC(CC)N(CCO)S(=O)(=O)c1ccc(Br)cc1N. The zero-order valence-electron chi connectivity index (χ0n) is 11.7. The summed E-state index contributed by atoms with van der Waals surface area (Å²) in [5, 5.41) is 9.16. The van der Waals surface area contributed by atoms with Gasteiger partial charge in [-0.1, -0.05) is 29.8 Å². The highest BCUT2D eigenvalue weighted by molar-refractivity contribution is 9.10. The fourth-order valence-electron chi connectivity index (χ4n) is 2.17. The highest BCUT2D eigenvalue weighted by Gasteiger charge is 2.30. The first-order valence-electron chi connectivity index (χ1n) is 6.56. The summed E-state index contributed by atoms with van der Waals surface area (Å²) >= 11 is 3.26. The van der Waals surface area contributed by atoms with Crippen molar-refractivity contribution in [1.82, 2.24) is 4.31 Å². The van der Waals surface area contributed by atoms with Gasteiger partial charge in [-0.15, -0.1) is 0 Å². The van der Waals surface area contributed by atoms with Gasteiger partial charge in [0.1, 0.15) is 4.90 Å². The molecule has 0 amide bonds. The summed E-state index contributed by atoms with van der Waals surface area (Å²) in [6.07, 6.45) is 1.37. The number of hydrogen-bond acceptors (Lipinski definition) is 4. The number of halogens is 1. The normalized spacial score (nSPS) is 12.3. The third kappa shape index (κ3) is 3.72. The lowest BCUT2D eigenvalue weighted by Crippen LogP contribution is -2.41. The molecule has 0 aliphatic heterocycles. The molecule has 5 nitrogen and oxygen atoms in total. The Bertz CT molecular complexity index is 545. The van der Waals surface area contributed by atoms with Crippen LogP contribution in [0, 0.1) is 0 Å². The predicted molar refractivity (Wildman–Crippen MR) is 83.9 cm³/mol. The number of aliphatic hydroxyl groups is 1. The van der Waals surface area contributed by atoms with Crippen LogP contribution in [-0.2, 0) is 10.0 Å². The van der Waals surface area contributed by atoms with Crippen LogP contribution < -0.4 is 5.73 Å². The third-order valence-electron chi connectivity index (χ3n) is 3.23. The first-order valence-corrected chi connectivity index (χ1v) is 8.79. The summed E-state index contributed by atoms with van der Waals surface area (Å²) < 4.78 is 27.5. The van der Waals surface area contributed by atoms with Gasteiger partial charge in [0.25, 0.3) is 0 Å². The van der Waals surface area contributed by atoms with Gasteiger partial charge in [-0.3, -0.25) is 0 Å². The van der Waals surface area contributed by atoms with Gasteiger partial charge in [0.15, 0.2) is 0 Å². The Morgan fingerprint density at radius 2 is 1.95 bits per heavy atom.